The Hall–Kier alpha value is -1.33. The summed E-state index contributed by atoms with van der Waals surface area (Å²) in [4.78, 5) is 11.4. The van der Waals surface area contributed by atoms with Crippen LogP contribution in [0.1, 0.15) is 12.0 Å². The van der Waals surface area contributed by atoms with Crippen LogP contribution in [0.3, 0.4) is 0 Å². The third-order valence-corrected chi connectivity index (χ3v) is 2.28. The van der Waals surface area contributed by atoms with Crippen molar-refractivity contribution in [1.82, 2.24) is 5.32 Å². The van der Waals surface area contributed by atoms with Gasteiger partial charge < -0.3 is 15.8 Å². The minimum atomic E-state index is -0.459. The Morgan fingerprint density at radius 3 is 2.78 bits per heavy atom. The maximum Gasteiger partial charge on any atom is 0.224 e. The highest BCUT2D eigenvalue weighted by atomic mass is 35.5. The molecule has 0 aliphatic carbocycles. The molecule has 1 aromatic carbocycles. The molecule has 0 unspecified atom stereocenters. The van der Waals surface area contributed by atoms with Crippen LogP contribution in [-0.4, -0.2) is 26.1 Å². The molecule has 4 nitrogen and oxygen atoms in total. The lowest BCUT2D eigenvalue weighted by molar-refractivity contribution is -0.120. The van der Waals surface area contributed by atoms with Crippen molar-refractivity contribution < 1.29 is 13.9 Å². The molecule has 0 aliphatic rings. The minimum absolute atomic E-state index is 0. The number of halogens is 2. The van der Waals surface area contributed by atoms with E-state index in [1.54, 1.807) is 6.07 Å². The topological polar surface area (TPSA) is 64.3 Å². The van der Waals surface area contributed by atoms with Crippen LogP contribution in [-0.2, 0) is 11.2 Å². The largest absolute Gasteiger partial charge is 0.494 e. The first-order valence-corrected chi connectivity index (χ1v) is 5.46. The summed E-state index contributed by atoms with van der Waals surface area (Å²) in [6, 6.07) is 4.49. The monoisotopic (exact) mass is 276 g/mol. The van der Waals surface area contributed by atoms with Crippen molar-refractivity contribution in [3.8, 4) is 5.75 Å². The minimum Gasteiger partial charge on any atom is -0.494 e. The second-order valence-electron chi connectivity index (χ2n) is 3.64. The molecular weight excluding hydrogens is 259 g/mol. The van der Waals surface area contributed by atoms with Gasteiger partial charge in [-0.3, -0.25) is 4.79 Å². The number of nitrogens with two attached hydrogens (primary N) is 1. The van der Waals surface area contributed by atoms with E-state index in [2.05, 4.69) is 5.32 Å². The van der Waals surface area contributed by atoms with Gasteiger partial charge in [-0.05, 0) is 30.7 Å². The van der Waals surface area contributed by atoms with Crippen LogP contribution in [0, 0.1) is 5.82 Å². The zero-order chi connectivity index (χ0) is 12.7. The highest BCUT2D eigenvalue weighted by Crippen LogP contribution is 2.17. The highest BCUT2D eigenvalue weighted by Gasteiger charge is 2.07. The summed E-state index contributed by atoms with van der Waals surface area (Å²) >= 11 is 0. The van der Waals surface area contributed by atoms with Gasteiger partial charge in [0.05, 0.1) is 13.5 Å². The van der Waals surface area contributed by atoms with E-state index in [0.29, 0.717) is 18.7 Å². The zero-order valence-corrected chi connectivity index (χ0v) is 11.1. The predicted molar refractivity (Wildman–Crippen MR) is 70.6 cm³/mol. The molecule has 6 heteroatoms. The maximum atomic E-state index is 13.3. The standard InChI is InChI=1S/C12H17FN2O2.ClH/c1-17-11-4-3-9(7-10(11)13)8-12(16)15-6-2-5-14;/h3-4,7H,2,5-6,8,14H2,1H3,(H,15,16);1H. The molecule has 18 heavy (non-hydrogen) atoms. The van der Waals surface area contributed by atoms with Crippen LogP contribution >= 0.6 is 12.4 Å². The van der Waals surface area contributed by atoms with Gasteiger partial charge in [0.1, 0.15) is 0 Å². The van der Waals surface area contributed by atoms with Crippen molar-refractivity contribution >= 4 is 18.3 Å². The highest BCUT2D eigenvalue weighted by molar-refractivity contribution is 5.85. The average Bonchev–Trinajstić information content (AvgIpc) is 2.29. The van der Waals surface area contributed by atoms with E-state index in [1.165, 1.54) is 19.2 Å². The van der Waals surface area contributed by atoms with E-state index in [0.717, 1.165) is 6.42 Å². The van der Waals surface area contributed by atoms with Crippen LogP contribution in [0.2, 0.25) is 0 Å². The average molecular weight is 277 g/mol. The predicted octanol–water partition coefficient (Wildman–Crippen LogP) is 1.26. The van der Waals surface area contributed by atoms with Gasteiger partial charge in [-0.15, -0.1) is 12.4 Å². The molecular formula is C12H18ClFN2O2. The molecule has 1 rings (SSSR count). The summed E-state index contributed by atoms with van der Waals surface area (Å²) in [7, 11) is 1.40. The Morgan fingerprint density at radius 2 is 2.22 bits per heavy atom. The number of amides is 1. The SMILES string of the molecule is COc1ccc(CC(=O)NCCCN)cc1F.Cl. The molecule has 0 spiro atoms. The van der Waals surface area contributed by atoms with Gasteiger partial charge >= 0.3 is 0 Å². The lowest BCUT2D eigenvalue weighted by atomic mass is 10.1. The van der Waals surface area contributed by atoms with Gasteiger partial charge in [0.15, 0.2) is 11.6 Å². The van der Waals surface area contributed by atoms with Gasteiger partial charge in [-0.2, -0.15) is 0 Å². The van der Waals surface area contributed by atoms with Crippen LogP contribution in [0.4, 0.5) is 4.39 Å². The number of hydrogen-bond donors (Lipinski definition) is 2. The first kappa shape index (κ1) is 16.7. The first-order chi connectivity index (χ1) is 8.17. The van der Waals surface area contributed by atoms with Gasteiger partial charge in [0.2, 0.25) is 5.91 Å². The van der Waals surface area contributed by atoms with E-state index >= 15 is 0 Å². The first-order valence-electron chi connectivity index (χ1n) is 5.46. The van der Waals surface area contributed by atoms with Gasteiger partial charge in [-0.25, -0.2) is 4.39 Å². The van der Waals surface area contributed by atoms with Gasteiger partial charge in [-0.1, -0.05) is 6.07 Å². The van der Waals surface area contributed by atoms with E-state index in [1.807, 2.05) is 0 Å². The number of methoxy groups -OCH3 is 1. The molecule has 0 aliphatic heterocycles. The number of carbonyl (C=O) groups is 1. The summed E-state index contributed by atoms with van der Waals surface area (Å²) in [6.07, 6.45) is 0.897. The Bertz CT molecular complexity index is 388. The Balaban J connectivity index is 0.00000289. The van der Waals surface area contributed by atoms with Crippen molar-refractivity contribution in [2.45, 2.75) is 12.8 Å². The zero-order valence-electron chi connectivity index (χ0n) is 10.2. The van der Waals surface area contributed by atoms with Crippen molar-refractivity contribution in [3.05, 3.63) is 29.6 Å². The molecule has 0 bridgehead atoms. The fourth-order valence-corrected chi connectivity index (χ4v) is 1.40. The smallest absolute Gasteiger partial charge is 0.224 e. The van der Waals surface area contributed by atoms with E-state index in [4.69, 9.17) is 10.5 Å². The summed E-state index contributed by atoms with van der Waals surface area (Å²) in [5.41, 5.74) is 5.92. The lowest BCUT2D eigenvalue weighted by Crippen LogP contribution is -2.27. The summed E-state index contributed by atoms with van der Waals surface area (Å²) in [5, 5.41) is 2.71. The van der Waals surface area contributed by atoms with E-state index in [9.17, 15) is 9.18 Å². The Labute approximate surface area is 112 Å². The Kier molecular flexibility index (Phi) is 8.07. The number of benzene rings is 1. The second kappa shape index (κ2) is 8.72. The van der Waals surface area contributed by atoms with Gasteiger partial charge in [0.25, 0.3) is 0 Å². The van der Waals surface area contributed by atoms with E-state index < -0.39 is 5.82 Å². The molecule has 0 aromatic heterocycles. The summed E-state index contributed by atoms with van der Waals surface area (Å²) in [5.74, 6) is -0.417. The number of hydrogen-bond acceptors (Lipinski definition) is 3. The maximum absolute atomic E-state index is 13.3. The quantitative estimate of drug-likeness (QED) is 0.769. The molecule has 102 valence electrons. The van der Waals surface area contributed by atoms with Crippen LogP contribution in [0.25, 0.3) is 0 Å². The number of ether oxygens (including phenoxy) is 1. The van der Waals surface area contributed by atoms with Gasteiger partial charge in [0, 0.05) is 6.54 Å². The summed E-state index contributed by atoms with van der Waals surface area (Å²) < 4.78 is 18.1. The van der Waals surface area contributed by atoms with Crippen LogP contribution in [0.5, 0.6) is 5.75 Å². The molecule has 3 N–H and O–H groups in total. The third kappa shape index (κ3) is 5.33. The lowest BCUT2D eigenvalue weighted by Gasteiger charge is -2.06. The molecule has 0 saturated heterocycles. The second-order valence-corrected chi connectivity index (χ2v) is 3.64. The van der Waals surface area contributed by atoms with E-state index in [-0.39, 0.29) is 30.5 Å². The van der Waals surface area contributed by atoms with Crippen molar-refractivity contribution in [1.29, 1.82) is 0 Å². The molecule has 1 amide bonds. The fourth-order valence-electron chi connectivity index (χ4n) is 1.40. The molecule has 0 saturated carbocycles. The molecule has 0 fully saturated rings. The molecule has 1 aromatic rings. The van der Waals surface area contributed by atoms with Crippen molar-refractivity contribution in [3.63, 3.8) is 0 Å². The van der Waals surface area contributed by atoms with Crippen molar-refractivity contribution in [2.75, 3.05) is 20.2 Å². The van der Waals surface area contributed by atoms with Crippen LogP contribution in [0.15, 0.2) is 18.2 Å². The number of carbonyl (C=O) groups excluding carboxylic acids is 1. The van der Waals surface area contributed by atoms with Crippen molar-refractivity contribution in [2.24, 2.45) is 5.73 Å². The Morgan fingerprint density at radius 1 is 1.50 bits per heavy atom. The molecule has 0 heterocycles. The fraction of sp³-hybridized carbons (Fsp3) is 0.417. The molecule has 0 radical (unpaired) electrons. The third-order valence-electron chi connectivity index (χ3n) is 2.28. The summed E-state index contributed by atoms with van der Waals surface area (Å²) in [6.45, 7) is 1.09. The number of nitrogens with one attached hydrogen (secondary N) is 1. The molecule has 0 atom stereocenters. The number of rotatable bonds is 6. The van der Waals surface area contributed by atoms with Crippen LogP contribution < -0.4 is 15.8 Å². The normalized spacial score (nSPS) is 9.50.